The van der Waals surface area contributed by atoms with Crippen molar-refractivity contribution in [3.63, 3.8) is 0 Å². The first-order valence-corrected chi connectivity index (χ1v) is 4.80. The molecule has 0 aliphatic carbocycles. The molecule has 1 rings (SSSR count). The summed E-state index contributed by atoms with van der Waals surface area (Å²) in [6.45, 7) is 1.24. The first-order chi connectivity index (χ1) is 7.15. The average Bonchev–Trinajstić information content (AvgIpc) is 2.26. The number of rotatable bonds is 4. The zero-order valence-electron chi connectivity index (χ0n) is 8.55. The molecule has 82 valence electrons. The Balaban J connectivity index is 2.63. The molecule has 4 heteroatoms. The second-order valence-electron chi connectivity index (χ2n) is 3.37. The Hall–Kier alpha value is -1.39. The van der Waals surface area contributed by atoms with Crippen molar-refractivity contribution in [2.45, 2.75) is 19.1 Å². The molecule has 0 aliphatic heterocycles. The van der Waals surface area contributed by atoms with Gasteiger partial charge in [0.05, 0.1) is 18.8 Å². The van der Waals surface area contributed by atoms with Crippen molar-refractivity contribution < 1.29 is 15.0 Å². The number of nitrogens with one attached hydrogen (secondary N) is 1. The molecule has 0 saturated carbocycles. The van der Waals surface area contributed by atoms with E-state index < -0.39 is 12.1 Å². The highest BCUT2D eigenvalue weighted by atomic mass is 16.3. The third-order valence-corrected chi connectivity index (χ3v) is 2.13. The number of aliphatic hydroxyl groups excluding tert-OH is 2. The monoisotopic (exact) mass is 209 g/mol. The Morgan fingerprint density at radius 2 is 2.00 bits per heavy atom. The molecule has 0 radical (unpaired) electrons. The van der Waals surface area contributed by atoms with Crippen molar-refractivity contribution in [3.8, 4) is 0 Å². The second kappa shape index (κ2) is 5.48. The second-order valence-corrected chi connectivity index (χ2v) is 3.37. The Bertz CT molecular complexity index is 311. The number of aliphatic hydroxyl groups is 2. The van der Waals surface area contributed by atoms with Gasteiger partial charge in [-0.1, -0.05) is 18.2 Å². The number of hydrogen-bond donors (Lipinski definition) is 3. The van der Waals surface area contributed by atoms with Crippen LogP contribution in [0.2, 0.25) is 0 Å². The van der Waals surface area contributed by atoms with Crippen LogP contribution in [-0.4, -0.2) is 34.9 Å². The molecule has 0 bridgehead atoms. The molecule has 0 spiro atoms. The fourth-order valence-corrected chi connectivity index (χ4v) is 1.16. The zero-order valence-corrected chi connectivity index (χ0v) is 8.55. The van der Waals surface area contributed by atoms with Gasteiger partial charge in [0.15, 0.2) is 0 Å². The summed E-state index contributed by atoms with van der Waals surface area (Å²) in [4.78, 5) is 11.6. The quantitative estimate of drug-likeness (QED) is 0.661. The topological polar surface area (TPSA) is 69.6 Å². The highest BCUT2D eigenvalue weighted by Crippen LogP contribution is 2.00. The lowest BCUT2D eigenvalue weighted by molar-refractivity contribution is 0.0758. The van der Waals surface area contributed by atoms with Crippen molar-refractivity contribution in [1.82, 2.24) is 5.32 Å². The van der Waals surface area contributed by atoms with Gasteiger partial charge < -0.3 is 15.5 Å². The maximum atomic E-state index is 11.6. The van der Waals surface area contributed by atoms with E-state index in [-0.39, 0.29) is 12.5 Å². The Labute approximate surface area is 88.6 Å². The van der Waals surface area contributed by atoms with Crippen LogP contribution in [0.5, 0.6) is 0 Å². The summed E-state index contributed by atoms with van der Waals surface area (Å²) in [7, 11) is 0. The van der Waals surface area contributed by atoms with Crippen molar-refractivity contribution in [2.75, 3.05) is 6.61 Å². The molecule has 0 aliphatic rings. The predicted molar refractivity (Wildman–Crippen MR) is 56.5 cm³/mol. The minimum absolute atomic E-state index is 0.282. The highest BCUT2D eigenvalue weighted by Gasteiger charge is 2.16. The molecule has 1 aromatic carbocycles. The molecule has 0 unspecified atom stereocenters. The molecule has 4 nitrogen and oxygen atoms in total. The predicted octanol–water partition coefficient (Wildman–Crippen LogP) is 0.158. The molecule has 1 aromatic rings. The van der Waals surface area contributed by atoms with Crippen LogP contribution >= 0.6 is 0 Å². The summed E-state index contributed by atoms with van der Waals surface area (Å²) < 4.78 is 0. The summed E-state index contributed by atoms with van der Waals surface area (Å²) in [5, 5.41) is 20.7. The SMILES string of the molecule is C[C@@H](O)[C@@H](CO)NC(=O)c1ccccc1. The van der Waals surface area contributed by atoms with E-state index in [1.54, 1.807) is 24.3 Å². The van der Waals surface area contributed by atoms with Crippen molar-refractivity contribution in [2.24, 2.45) is 0 Å². The first-order valence-electron chi connectivity index (χ1n) is 4.80. The van der Waals surface area contributed by atoms with E-state index in [4.69, 9.17) is 5.11 Å². The number of carbonyl (C=O) groups is 1. The van der Waals surface area contributed by atoms with Crippen LogP contribution < -0.4 is 5.32 Å². The van der Waals surface area contributed by atoms with E-state index in [0.29, 0.717) is 5.56 Å². The largest absolute Gasteiger partial charge is 0.394 e. The van der Waals surface area contributed by atoms with Gasteiger partial charge in [0.25, 0.3) is 5.91 Å². The Morgan fingerprint density at radius 1 is 1.40 bits per heavy atom. The minimum atomic E-state index is -0.775. The Morgan fingerprint density at radius 3 is 2.47 bits per heavy atom. The lowest BCUT2D eigenvalue weighted by Crippen LogP contribution is -2.44. The molecule has 1 amide bonds. The van der Waals surface area contributed by atoms with E-state index >= 15 is 0 Å². The summed E-state index contributed by atoms with van der Waals surface area (Å²) in [5.41, 5.74) is 0.511. The summed E-state index contributed by atoms with van der Waals surface area (Å²) in [5.74, 6) is -0.296. The van der Waals surface area contributed by atoms with E-state index in [1.807, 2.05) is 6.07 Å². The van der Waals surface area contributed by atoms with Gasteiger partial charge in [-0.2, -0.15) is 0 Å². The van der Waals surface area contributed by atoms with Gasteiger partial charge in [-0.05, 0) is 19.1 Å². The normalized spacial score (nSPS) is 14.3. The highest BCUT2D eigenvalue weighted by molar-refractivity contribution is 5.94. The van der Waals surface area contributed by atoms with Gasteiger partial charge in [0.1, 0.15) is 0 Å². The number of carbonyl (C=O) groups excluding carboxylic acids is 1. The van der Waals surface area contributed by atoms with E-state index in [1.165, 1.54) is 6.92 Å². The average molecular weight is 209 g/mol. The van der Waals surface area contributed by atoms with Crippen LogP contribution in [0.3, 0.4) is 0 Å². The smallest absolute Gasteiger partial charge is 0.251 e. The lowest BCUT2D eigenvalue weighted by Gasteiger charge is -2.18. The summed E-state index contributed by atoms with van der Waals surface area (Å²) >= 11 is 0. The molecule has 0 heterocycles. The van der Waals surface area contributed by atoms with Crippen molar-refractivity contribution >= 4 is 5.91 Å². The molecule has 3 N–H and O–H groups in total. The Kier molecular flexibility index (Phi) is 4.27. The van der Waals surface area contributed by atoms with Gasteiger partial charge in [-0.15, -0.1) is 0 Å². The maximum absolute atomic E-state index is 11.6. The van der Waals surface area contributed by atoms with Crippen molar-refractivity contribution in [1.29, 1.82) is 0 Å². The van der Waals surface area contributed by atoms with E-state index in [2.05, 4.69) is 5.32 Å². The molecule has 2 atom stereocenters. The molecular formula is C11H15NO3. The van der Waals surface area contributed by atoms with Crippen LogP contribution in [0, 0.1) is 0 Å². The maximum Gasteiger partial charge on any atom is 0.251 e. The number of amides is 1. The number of hydrogen-bond acceptors (Lipinski definition) is 3. The van der Waals surface area contributed by atoms with Gasteiger partial charge in [-0.3, -0.25) is 4.79 Å². The number of benzene rings is 1. The minimum Gasteiger partial charge on any atom is -0.394 e. The van der Waals surface area contributed by atoms with Gasteiger partial charge in [0.2, 0.25) is 0 Å². The summed E-state index contributed by atoms with van der Waals surface area (Å²) in [6.07, 6.45) is -0.775. The molecule has 0 saturated heterocycles. The van der Waals surface area contributed by atoms with Crippen LogP contribution in [0.25, 0.3) is 0 Å². The third-order valence-electron chi connectivity index (χ3n) is 2.13. The van der Waals surface area contributed by atoms with E-state index in [0.717, 1.165) is 0 Å². The van der Waals surface area contributed by atoms with Gasteiger partial charge in [-0.25, -0.2) is 0 Å². The van der Waals surface area contributed by atoms with E-state index in [9.17, 15) is 9.90 Å². The van der Waals surface area contributed by atoms with Crippen LogP contribution in [0.1, 0.15) is 17.3 Å². The first kappa shape index (κ1) is 11.7. The van der Waals surface area contributed by atoms with Crippen molar-refractivity contribution in [3.05, 3.63) is 35.9 Å². The standard InChI is InChI=1S/C11H15NO3/c1-8(14)10(7-13)12-11(15)9-5-3-2-4-6-9/h2-6,8,10,13-14H,7H2,1H3,(H,12,15)/t8-,10-/m1/s1. The zero-order chi connectivity index (χ0) is 11.3. The molecule has 15 heavy (non-hydrogen) atoms. The fourth-order valence-electron chi connectivity index (χ4n) is 1.16. The van der Waals surface area contributed by atoms with Crippen LogP contribution in [-0.2, 0) is 0 Å². The molecular weight excluding hydrogens is 194 g/mol. The molecule has 0 aromatic heterocycles. The molecule has 0 fully saturated rings. The lowest BCUT2D eigenvalue weighted by atomic mass is 10.1. The third kappa shape index (κ3) is 3.34. The van der Waals surface area contributed by atoms with Crippen LogP contribution in [0.4, 0.5) is 0 Å². The van der Waals surface area contributed by atoms with Gasteiger partial charge in [0, 0.05) is 5.56 Å². The van der Waals surface area contributed by atoms with Crippen LogP contribution in [0.15, 0.2) is 30.3 Å². The summed E-state index contributed by atoms with van der Waals surface area (Å²) in [6, 6.07) is 8.04. The van der Waals surface area contributed by atoms with Gasteiger partial charge >= 0.3 is 0 Å². The fraction of sp³-hybridized carbons (Fsp3) is 0.364.